The molecule has 2 aromatic heterocycles. The Kier molecular flexibility index (Phi) is 4.66. The Labute approximate surface area is 169 Å². The van der Waals surface area contributed by atoms with Gasteiger partial charge in [-0.15, -0.1) is 0 Å². The van der Waals surface area contributed by atoms with Crippen LogP contribution in [0.4, 0.5) is 0 Å². The maximum Gasteiger partial charge on any atom is 0.276 e. The van der Waals surface area contributed by atoms with Crippen LogP contribution in [0.1, 0.15) is 59.3 Å². The summed E-state index contributed by atoms with van der Waals surface area (Å²) in [5.74, 6) is 2.80. The van der Waals surface area contributed by atoms with Crippen LogP contribution in [0.2, 0.25) is 0 Å². The zero-order valence-corrected chi connectivity index (χ0v) is 16.5. The summed E-state index contributed by atoms with van der Waals surface area (Å²) in [6, 6.07) is 9.82. The Morgan fingerprint density at radius 3 is 2.86 bits per heavy atom. The van der Waals surface area contributed by atoms with Crippen molar-refractivity contribution in [3.63, 3.8) is 0 Å². The lowest BCUT2D eigenvalue weighted by Gasteiger charge is -2.31. The molecule has 7 heteroatoms. The van der Waals surface area contributed by atoms with Crippen LogP contribution in [0.25, 0.3) is 11.4 Å². The van der Waals surface area contributed by atoms with Gasteiger partial charge in [0.1, 0.15) is 5.76 Å². The van der Waals surface area contributed by atoms with Gasteiger partial charge in [0.05, 0.1) is 0 Å². The number of nitrogens with zero attached hydrogens (tertiary/aromatic N) is 4. The van der Waals surface area contributed by atoms with Crippen LogP contribution in [0.15, 0.2) is 39.4 Å². The highest BCUT2D eigenvalue weighted by Crippen LogP contribution is 2.40. The highest BCUT2D eigenvalue weighted by Gasteiger charge is 2.31. The summed E-state index contributed by atoms with van der Waals surface area (Å²) < 4.78 is 10.8. The van der Waals surface area contributed by atoms with Crippen molar-refractivity contribution in [2.45, 2.75) is 44.9 Å². The fourth-order valence-electron chi connectivity index (χ4n) is 4.05. The van der Waals surface area contributed by atoms with Crippen molar-refractivity contribution in [2.24, 2.45) is 5.92 Å². The third-order valence-corrected chi connectivity index (χ3v) is 5.85. The molecule has 3 aromatic rings. The molecule has 2 fully saturated rings. The number of hydrogen-bond acceptors (Lipinski definition) is 6. The fourth-order valence-corrected chi connectivity index (χ4v) is 4.05. The molecule has 0 unspecified atom stereocenters. The van der Waals surface area contributed by atoms with Gasteiger partial charge in [-0.25, -0.2) is 0 Å². The summed E-state index contributed by atoms with van der Waals surface area (Å²) in [6.07, 6.45) is 4.93. The van der Waals surface area contributed by atoms with Crippen molar-refractivity contribution in [1.82, 2.24) is 20.2 Å². The summed E-state index contributed by atoms with van der Waals surface area (Å²) in [7, 11) is 0. The third kappa shape index (κ3) is 3.81. The first kappa shape index (κ1) is 18.1. The quantitative estimate of drug-likeness (QED) is 0.652. The number of carbonyl (C=O) groups excluding carboxylic acids is 1. The van der Waals surface area contributed by atoms with Crippen LogP contribution in [0.3, 0.4) is 0 Å². The summed E-state index contributed by atoms with van der Waals surface area (Å²) >= 11 is 0. The van der Waals surface area contributed by atoms with Crippen molar-refractivity contribution in [2.75, 3.05) is 13.1 Å². The number of amides is 1. The number of aryl methyl sites for hydroxylation is 1. The lowest BCUT2D eigenvalue weighted by Crippen LogP contribution is -2.40. The summed E-state index contributed by atoms with van der Waals surface area (Å²) in [5, 5.41) is 8.15. The highest BCUT2D eigenvalue weighted by atomic mass is 16.5. The van der Waals surface area contributed by atoms with E-state index >= 15 is 0 Å². The standard InChI is InChI=1S/C22H24N4O3/c1-14-5-2-3-7-17(14)21-23-20(29-25-21)11-15-6-4-10-26(13-15)22(27)18-12-19(28-24-18)16-8-9-16/h2-3,5,7,12,15-16H,4,6,8-11,13H2,1H3/t15-/m1/s1. The first-order valence-corrected chi connectivity index (χ1v) is 10.3. The predicted molar refractivity (Wildman–Crippen MR) is 105 cm³/mol. The zero-order chi connectivity index (χ0) is 19.8. The summed E-state index contributed by atoms with van der Waals surface area (Å²) in [4.78, 5) is 19.3. The van der Waals surface area contributed by atoms with E-state index in [0.29, 0.717) is 42.2 Å². The number of carbonyl (C=O) groups is 1. The van der Waals surface area contributed by atoms with E-state index in [0.717, 1.165) is 49.1 Å². The van der Waals surface area contributed by atoms with E-state index in [4.69, 9.17) is 9.05 Å². The predicted octanol–water partition coefficient (Wildman–Crippen LogP) is 4.01. The largest absolute Gasteiger partial charge is 0.360 e. The Balaban J connectivity index is 1.24. The molecule has 0 bridgehead atoms. The molecule has 150 valence electrons. The Morgan fingerprint density at radius 1 is 1.17 bits per heavy atom. The molecule has 5 rings (SSSR count). The van der Waals surface area contributed by atoms with Gasteiger partial charge in [0.15, 0.2) is 5.69 Å². The molecular formula is C22H24N4O3. The maximum absolute atomic E-state index is 12.8. The Hall–Kier alpha value is -2.96. The van der Waals surface area contributed by atoms with Crippen molar-refractivity contribution < 1.29 is 13.8 Å². The summed E-state index contributed by atoms with van der Waals surface area (Å²) in [5.41, 5.74) is 2.53. The molecule has 3 heterocycles. The van der Waals surface area contributed by atoms with Crippen molar-refractivity contribution >= 4 is 5.91 Å². The Morgan fingerprint density at radius 2 is 2.03 bits per heavy atom. The van der Waals surface area contributed by atoms with E-state index in [-0.39, 0.29) is 5.91 Å². The van der Waals surface area contributed by atoms with Crippen LogP contribution in [0, 0.1) is 12.8 Å². The number of hydrogen-bond donors (Lipinski definition) is 0. The molecule has 1 aliphatic carbocycles. The van der Waals surface area contributed by atoms with E-state index in [9.17, 15) is 4.79 Å². The minimum Gasteiger partial charge on any atom is -0.360 e. The van der Waals surface area contributed by atoms with E-state index in [2.05, 4.69) is 15.3 Å². The molecule has 1 atom stereocenters. The average molecular weight is 392 g/mol. The zero-order valence-electron chi connectivity index (χ0n) is 16.5. The van der Waals surface area contributed by atoms with Crippen molar-refractivity contribution in [1.29, 1.82) is 0 Å². The molecule has 7 nitrogen and oxygen atoms in total. The smallest absolute Gasteiger partial charge is 0.276 e. The van der Waals surface area contributed by atoms with E-state index in [1.165, 1.54) is 0 Å². The second-order valence-electron chi connectivity index (χ2n) is 8.18. The van der Waals surface area contributed by atoms with Gasteiger partial charge >= 0.3 is 0 Å². The van der Waals surface area contributed by atoms with Crippen LogP contribution >= 0.6 is 0 Å². The molecule has 1 amide bonds. The molecule has 2 aliphatic rings. The lowest BCUT2D eigenvalue weighted by atomic mass is 9.94. The van der Waals surface area contributed by atoms with Gasteiger partial charge in [0.25, 0.3) is 5.91 Å². The Bertz CT molecular complexity index is 1020. The topological polar surface area (TPSA) is 85.3 Å². The highest BCUT2D eigenvalue weighted by molar-refractivity contribution is 5.92. The maximum atomic E-state index is 12.8. The van der Waals surface area contributed by atoms with Crippen LogP contribution in [-0.4, -0.2) is 39.2 Å². The van der Waals surface area contributed by atoms with Gasteiger partial charge in [-0.1, -0.05) is 34.6 Å². The van der Waals surface area contributed by atoms with E-state index in [1.54, 1.807) is 0 Å². The minimum absolute atomic E-state index is 0.0449. The second-order valence-corrected chi connectivity index (χ2v) is 8.18. The van der Waals surface area contributed by atoms with Gasteiger partial charge in [-0.05, 0) is 44.1 Å². The average Bonchev–Trinajstić information content (AvgIpc) is 3.29. The third-order valence-electron chi connectivity index (χ3n) is 5.85. The van der Waals surface area contributed by atoms with Gasteiger partial charge in [0, 0.05) is 37.1 Å². The fraction of sp³-hybridized carbons (Fsp3) is 0.455. The summed E-state index contributed by atoms with van der Waals surface area (Å²) in [6.45, 7) is 3.46. The van der Waals surface area contributed by atoms with Gasteiger partial charge in [-0.2, -0.15) is 4.98 Å². The normalized spacial score (nSPS) is 19.5. The first-order valence-electron chi connectivity index (χ1n) is 10.3. The van der Waals surface area contributed by atoms with Crippen LogP contribution in [0.5, 0.6) is 0 Å². The number of aromatic nitrogens is 3. The molecule has 1 saturated carbocycles. The van der Waals surface area contributed by atoms with E-state index < -0.39 is 0 Å². The molecule has 1 saturated heterocycles. The van der Waals surface area contributed by atoms with Crippen LogP contribution in [-0.2, 0) is 6.42 Å². The number of likely N-dealkylation sites (tertiary alicyclic amines) is 1. The molecule has 1 aliphatic heterocycles. The van der Waals surface area contributed by atoms with Gasteiger partial charge < -0.3 is 13.9 Å². The molecule has 0 N–H and O–H groups in total. The number of piperidine rings is 1. The molecular weight excluding hydrogens is 368 g/mol. The minimum atomic E-state index is -0.0449. The van der Waals surface area contributed by atoms with Crippen molar-refractivity contribution in [3.05, 3.63) is 53.2 Å². The monoisotopic (exact) mass is 392 g/mol. The molecule has 0 spiro atoms. The number of rotatable bonds is 5. The van der Waals surface area contributed by atoms with Crippen LogP contribution < -0.4 is 0 Å². The number of benzene rings is 1. The second kappa shape index (κ2) is 7.46. The van der Waals surface area contributed by atoms with Gasteiger partial charge in [-0.3, -0.25) is 4.79 Å². The molecule has 0 radical (unpaired) electrons. The SMILES string of the molecule is Cc1ccccc1-c1noc(C[C@H]2CCCN(C(=O)c3cc(C4CC4)on3)C2)n1. The lowest BCUT2D eigenvalue weighted by molar-refractivity contribution is 0.0657. The van der Waals surface area contributed by atoms with E-state index in [1.807, 2.05) is 42.2 Å². The molecule has 29 heavy (non-hydrogen) atoms. The first-order chi connectivity index (χ1) is 14.2. The van der Waals surface area contributed by atoms with Gasteiger partial charge in [0.2, 0.25) is 11.7 Å². The molecule has 1 aromatic carbocycles. The van der Waals surface area contributed by atoms with Crippen molar-refractivity contribution in [3.8, 4) is 11.4 Å².